The van der Waals surface area contributed by atoms with E-state index in [1.54, 1.807) is 13.8 Å². The number of carbonyl (C=O) groups is 2. The van der Waals surface area contributed by atoms with Gasteiger partial charge in [-0.05, 0) is 26.0 Å². The number of halogens is 3. The average Bonchev–Trinajstić information content (AvgIpc) is 2.32. The van der Waals surface area contributed by atoms with Crippen molar-refractivity contribution in [2.24, 2.45) is 5.73 Å². The van der Waals surface area contributed by atoms with Crippen LogP contribution in [0.25, 0.3) is 0 Å². The van der Waals surface area contributed by atoms with Gasteiger partial charge in [-0.15, -0.1) is 12.4 Å². The van der Waals surface area contributed by atoms with Crippen LogP contribution in [0, 0.1) is 11.6 Å². The van der Waals surface area contributed by atoms with Gasteiger partial charge in [0.15, 0.2) is 5.78 Å². The van der Waals surface area contributed by atoms with Gasteiger partial charge in [-0.1, -0.05) is 0 Å². The van der Waals surface area contributed by atoms with Crippen molar-refractivity contribution in [3.05, 3.63) is 35.4 Å². The summed E-state index contributed by atoms with van der Waals surface area (Å²) in [7, 11) is 0. The monoisotopic (exact) mass is 320 g/mol. The lowest BCUT2D eigenvalue weighted by atomic mass is 10.0. The number of hydrogen-bond acceptors (Lipinski definition) is 3. The third-order valence-corrected chi connectivity index (χ3v) is 2.55. The van der Waals surface area contributed by atoms with Crippen molar-refractivity contribution < 1.29 is 18.4 Å². The molecule has 0 aliphatic heterocycles. The highest BCUT2D eigenvalue weighted by Crippen LogP contribution is 2.12. The smallest absolute Gasteiger partial charge is 0.220 e. The summed E-state index contributed by atoms with van der Waals surface area (Å²) in [6, 6.07) is 2.73. The van der Waals surface area contributed by atoms with E-state index in [4.69, 9.17) is 5.73 Å². The Morgan fingerprint density at radius 3 is 2.38 bits per heavy atom. The Kier molecular flexibility index (Phi) is 7.46. The second-order valence-corrected chi connectivity index (χ2v) is 5.31. The van der Waals surface area contributed by atoms with Crippen molar-refractivity contribution in [2.75, 3.05) is 6.54 Å². The van der Waals surface area contributed by atoms with Gasteiger partial charge in [0.25, 0.3) is 0 Å². The van der Waals surface area contributed by atoms with Crippen molar-refractivity contribution in [1.82, 2.24) is 5.32 Å². The summed E-state index contributed by atoms with van der Waals surface area (Å²) in [6.45, 7) is 3.80. The number of nitrogens with two attached hydrogens (primary N) is 1. The minimum atomic E-state index is -0.918. The molecule has 0 atom stereocenters. The van der Waals surface area contributed by atoms with Gasteiger partial charge in [0.2, 0.25) is 5.91 Å². The quantitative estimate of drug-likeness (QED) is 0.789. The van der Waals surface area contributed by atoms with Crippen molar-refractivity contribution in [1.29, 1.82) is 0 Å². The first-order valence-corrected chi connectivity index (χ1v) is 6.23. The van der Waals surface area contributed by atoms with Crippen molar-refractivity contribution in [3.63, 3.8) is 0 Å². The number of amides is 1. The Morgan fingerprint density at radius 1 is 1.24 bits per heavy atom. The molecule has 3 N–H and O–H groups in total. The third kappa shape index (κ3) is 7.15. The fraction of sp³-hybridized carbons (Fsp3) is 0.429. The second-order valence-electron chi connectivity index (χ2n) is 5.31. The number of Topliss-reactive ketones (excluding diaryl/α,β-unsaturated/α-hetero) is 1. The lowest BCUT2D eigenvalue weighted by Crippen LogP contribution is -2.45. The van der Waals surface area contributed by atoms with Gasteiger partial charge in [-0.3, -0.25) is 9.59 Å². The predicted octanol–water partition coefficient (Wildman–Crippen LogP) is 2.20. The number of hydrogen-bond donors (Lipinski definition) is 2. The van der Waals surface area contributed by atoms with Gasteiger partial charge in [0.05, 0.1) is 5.56 Å². The van der Waals surface area contributed by atoms with Crippen molar-refractivity contribution in [3.8, 4) is 0 Å². The Labute approximate surface area is 128 Å². The highest BCUT2D eigenvalue weighted by molar-refractivity contribution is 5.98. The number of rotatable bonds is 6. The van der Waals surface area contributed by atoms with Crippen LogP contribution in [0.5, 0.6) is 0 Å². The minimum absolute atomic E-state index is 0. The molecule has 1 amide bonds. The molecule has 0 aliphatic carbocycles. The van der Waals surface area contributed by atoms with Gasteiger partial charge in [0, 0.05) is 31.0 Å². The number of nitrogens with one attached hydrogen (secondary N) is 1. The first kappa shape index (κ1) is 19.5. The molecule has 7 heteroatoms. The van der Waals surface area contributed by atoms with Crippen molar-refractivity contribution >= 4 is 24.1 Å². The fourth-order valence-electron chi connectivity index (χ4n) is 1.49. The molecule has 21 heavy (non-hydrogen) atoms. The molecule has 1 aromatic carbocycles. The van der Waals surface area contributed by atoms with E-state index in [0.717, 1.165) is 12.1 Å². The van der Waals surface area contributed by atoms with E-state index in [-0.39, 0.29) is 43.3 Å². The van der Waals surface area contributed by atoms with E-state index in [2.05, 4.69) is 5.32 Å². The zero-order chi connectivity index (χ0) is 15.3. The van der Waals surface area contributed by atoms with Crippen LogP contribution >= 0.6 is 12.4 Å². The molecule has 0 saturated heterocycles. The molecule has 0 aromatic heterocycles. The number of ketones is 1. The van der Waals surface area contributed by atoms with Crippen LogP contribution < -0.4 is 11.1 Å². The van der Waals surface area contributed by atoms with E-state index in [0.29, 0.717) is 6.07 Å². The minimum Gasteiger partial charge on any atom is -0.354 e. The van der Waals surface area contributed by atoms with E-state index < -0.39 is 23.0 Å². The maximum atomic E-state index is 13.4. The van der Waals surface area contributed by atoms with Gasteiger partial charge in [-0.25, -0.2) is 8.78 Å². The van der Waals surface area contributed by atoms with Gasteiger partial charge < -0.3 is 11.1 Å². The molecule has 0 radical (unpaired) electrons. The van der Waals surface area contributed by atoms with Gasteiger partial charge in [0.1, 0.15) is 11.6 Å². The molecular formula is C14H19ClF2N2O2. The van der Waals surface area contributed by atoms with Crippen LogP contribution in [0.15, 0.2) is 18.2 Å². The SMILES string of the molecule is CC(C)(N)CNC(=O)CCC(=O)c1ccc(F)cc1F.Cl. The average molecular weight is 321 g/mol. The number of benzene rings is 1. The Morgan fingerprint density at radius 2 is 1.86 bits per heavy atom. The molecule has 0 aliphatic rings. The summed E-state index contributed by atoms with van der Waals surface area (Å²) in [6.07, 6.45) is -0.203. The summed E-state index contributed by atoms with van der Waals surface area (Å²) < 4.78 is 26.1. The van der Waals surface area contributed by atoms with Crippen molar-refractivity contribution in [2.45, 2.75) is 32.2 Å². The van der Waals surface area contributed by atoms with Crippen LogP contribution in [0.1, 0.15) is 37.0 Å². The fourth-order valence-corrected chi connectivity index (χ4v) is 1.49. The summed E-state index contributed by atoms with van der Waals surface area (Å²) in [5, 5.41) is 2.58. The Bertz CT molecular complexity index is 516. The maximum Gasteiger partial charge on any atom is 0.220 e. The van der Waals surface area contributed by atoms with E-state index in [1.807, 2.05) is 0 Å². The molecule has 1 rings (SSSR count). The molecule has 1 aromatic rings. The molecule has 0 fully saturated rings. The second kappa shape index (κ2) is 8.05. The van der Waals surface area contributed by atoms with Crippen LogP contribution in [-0.4, -0.2) is 23.8 Å². The number of carbonyl (C=O) groups excluding carboxylic acids is 2. The predicted molar refractivity (Wildman–Crippen MR) is 78.4 cm³/mol. The first-order valence-electron chi connectivity index (χ1n) is 6.23. The molecule has 0 saturated carbocycles. The molecule has 0 unspecified atom stereocenters. The Balaban J connectivity index is 0.00000400. The molecule has 118 valence electrons. The normalized spacial score (nSPS) is 10.7. The van der Waals surface area contributed by atoms with Gasteiger partial charge >= 0.3 is 0 Å². The third-order valence-electron chi connectivity index (χ3n) is 2.55. The first-order chi connectivity index (χ1) is 9.19. The highest BCUT2D eigenvalue weighted by atomic mass is 35.5. The Hall–Kier alpha value is -1.53. The maximum absolute atomic E-state index is 13.4. The highest BCUT2D eigenvalue weighted by Gasteiger charge is 2.16. The zero-order valence-electron chi connectivity index (χ0n) is 11.9. The molecular weight excluding hydrogens is 302 g/mol. The standard InChI is InChI=1S/C14H18F2N2O2.ClH/c1-14(2,17)8-18-13(20)6-5-12(19)10-4-3-9(15)7-11(10)16;/h3-4,7H,5-6,8,17H2,1-2H3,(H,18,20);1H. The molecule has 0 bridgehead atoms. The summed E-state index contributed by atoms with van der Waals surface area (Å²) in [4.78, 5) is 23.2. The van der Waals surface area contributed by atoms with E-state index in [9.17, 15) is 18.4 Å². The van der Waals surface area contributed by atoms with Crippen LogP contribution in [0.4, 0.5) is 8.78 Å². The van der Waals surface area contributed by atoms with Crippen LogP contribution in [-0.2, 0) is 4.79 Å². The largest absolute Gasteiger partial charge is 0.354 e. The van der Waals surface area contributed by atoms with Crippen LogP contribution in [0.2, 0.25) is 0 Å². The lowest BCUT2D eigenvalue weighted by molar-refractivity contribution is -0.121. The molecule has 0 spiro atoms. The van der Waals surface area contributed by atoms with E-state index in [1.165, 1.54) is 0 Å². The molecule has 0 heterocycles. The zero-order valence-corrected chi connectivity index (χ0v) is 12.7. The topological polar surface area (TPSA) is 72.2 Å². The summed E-state index contributed by atoms with van der Waals surface area (Å²) >= 11 is 0. The molecule has 4 nitrogen and oxygen atoms in total. The summed E-state index contributed by atoms with van der Waals surface area (Å²) in [5.41, 5.74) is 4.95. The lowest BCUT2D eigenvalue weighted by Gasteiger charge is -2.18. The van der Waals surface area contributed by atoms with Gasteiger partial charge in [-0.2, -0.15) is 0 Å². The van der Waals surface area contributed by atoms with E-state index >= 15 is 0 Å². The van der Waals surface area contributed by atoms with Crippen LogP contribution in [0.3, 0.4) is 0 Å². The summed E-state index contributed by atoms with van der Waals surface area (Å²) in [5.74, 6) is -2.54.